The highest BCUT2D eigenvalue weighted by atomic mass is 16.6. The third-order valence-corrected chi connectivity index (χ3v) is 3.69. The smallest absolute Gasteiger partial charge is 0.299 e. The van der Waals surface area contributed by atoms with Gasteiger partial charge in [0.1, 0.15) is 5.69 Å². The number of non-ortho nitro benzene ring substituents is 1. The number of nitrogens with zero attached hydrogens (tertiary/aromatic N) is 4. The zero-order chi connectivity index (χ0) is 18.0. The third kappa shape index (κ3) is 3.21. The first-order chi connectivity index (χ1) is 12.0. The van der Waals surface area contributed by atoms with E-state index in [1.165, 1.54) is 23.2 Å². The minimum Gasteiger partial charge on any atom is -0.370 e. The zero-order valence-corrected chi connectivity index (χ0v) is 12.7. The van der Waals surface area contributed by atoms with Gasteiger partial charge in [-0.3, -0.25) is 25.2 Å². The van der Waals surface area contributed by atoms with E-state index < -0.39 is 21.8 Å². The van der Waals surface area contributed by atoms with Gasteiger partial charge in [-0.05, 0) is 41.5 Å². The van der Waals surface area contributed by atoms with Crippen molar-refractivity contribution in [3.8, 4) is 0 Å². The number of allylic oxidation sites excluding steroid dienone is 2. The summed E-state index contributed by atoms with van der Waals surface area (Å²) in [6.45, 7) is 0. The third-order valence-electron chi connectivity index (χ3n) is 3.69. The van der Waals surface area contributed by atoms with Gasteiger partial charge in [0.25, 0.3) is 11.4 Å². The van der Waals surface area contributed by atoms with Crippen LogP contribution in [-0.2, 0) is 0 Å². The van der Waals surface area contributed by atoms with Crippen molar-refractivity contribution in [2.45, 2.75) is 6.23 Å². The van der Waals surface area contributed by atoms with Gasteiger partial charge < -0.3 is 10.0 Å². The summed E-state index contributed by atoms with van der Waals surface area (Å²) in [6.07, 6.45) is 6.78. The summed E-state index contributed by atoms with van der Waals surface area (Å²) < 4.78 is 0. The molecule has 9 heteroatoms. The Labute approximate surface area is 141 Å². The summed E-state index contributed by atoms with van der Waals surface area (Å²) >= 11 is 0. The number of benzene rings is 1. The minimum atomic E-state index is -1.16. The fraction of sp³-hybridized carbons (Fsp3) is 0.0625. The second-order valence-corrected chi connectivity index (χ2v) is 5.18. The number of pyridine rings is 1. The summed E-state index contributed by atoms with van der Waals surface area (Å²) in [5.74, 6) is 0. The molecule has 2 aromatic rings. The molecule has 1 aliphatic rings. The summed E-state index contributed by atoms with van der Waals surface area (Å²) in [7, 11) is 0. The number of anilines is 1. The number of aliphatic hydroxyl groups excluding tert-OH is 1. The van der Waals surface area contributed by atoms with E-state index in [2.05, 4.69) is 4.98 Å². The Morgan fingerprint density at radius 1 is 1.08 bits per heavy atom. The molecule has 126 valence electrons. The van der Waals surface area contributed by atoms with Crippen LogP contribution in [0, 0.1) is 20.2 Å². The molecule has 3 rings (SSSR count). The van der Waals surface area contributed by atoms with Crippen LogP contribution in [-0.4, -0.2) is 26.2 Å². The lowest BCUT2D eigenvalue weighted by Gasteiger charge is -2.27. The zero-order valence-electron chi connectivity index (χ0n) is 12.7. The van der Waals surface area contributed by atoms with Crippen LogP contribution in [0.25, 0.3) is 5.57 Å². The number of aromatic nitrogens is 1. The number of aliphatic hydroxyl groups is 1. The number of hydrogen-bond donors (Lipinski definition) is 1. The van der Waals surface area contributed by atoms with Crippen molar-refractivity contribution < 1.29 is 15.0 Å². The van der Waals surface area contributed by atoms with Gasteiger partial charge in [-0.25, -0.2) is 0 Å². The van der Waals surface area contributed by atoms with Crippen molar-refractivity contribution in [2.24, 2.45) is 0 Å². The maximum Gasteiger partial charge on any atom is 0.299 e. The molecule has 0 radical (unpaired) electrons. The Bertz CT molecular complexity index is 895. The van der Waals surface area contributed by atoms with Crippen LogP contribution < -0.4 is 4.90 Å². The van der Waals surface area contributed by atoms with E-state index >= 15 is 0 Å². The van der Waals surface area contributed by atoms with Crippen molar-refractivity contribution in [3.05, 3.63) is 86.9 Å². The standard InChI is InChI=1S/C16H12N4O5/c21-16-9-12(11-3-6-17-7-4-11)5-8-18(16)14-2-1-13(19(22)23)10-15(14)20(24)25/h1-10,16,21H. The Morgan fingerprint density at radius 3 is 2.40 bits per heavy atom. The second-order valence-electron chi connectivity index (χ2n) is 5.18. The van der Waals surface area contributed by atoms with E-state index in [4.69, 9.17) is 0 Å². The molecule has 0 fully saturated rings. The molecular weight excluding hydrogens is 328 g/mol. The first-order valence-electron chi connectivity index (χ1n) is 7.17. The average Bonchev–Trinajstić information content (AvgIpc) is 2.62. The second kappa shape index (κ2) is 6.49. The molecule has 0 saturated carbocycles. The lowest BCUT2D eigenvalue weighted by Crippen LogP contribution is -2.31. The van der Waals surface area contributed by atoms with Crippen molar-refractivity contribution >= 4 is 22.6 Å². The summed E-state index contributed by atoms with van der Waals surface area (Å²) in [6, 6.07) is 6.82. The first kappa shape index (κ1) is 16.3. The monoisotopic (exact) mass is 340 g/mol. The number of hydrogen-bond acceptors (Lipinski definition) is 7. The molecule has 1 aromatic heterocycles. The van der Waals surface area contributed by atoms with Gasteiger partial charge in [0.05, 0.1) is 15.9 Å². The number of nitro groups is 2. The van der Waals surface area contributed by atoms with Crippen LogP contribution in [0.5, 0.6) is 0 Å². The summed E-state index contributed by atoms with van der Waals surface area (Å²) in [5.41, 5.74) is 0.779. The fourth-order valence-electron chi connectivity index (χ4n) is 2.49. The van der Waals surface area contributed by atoms with Crippen LogP contribution in [0.15, 0.2) is 61.1 Å². The molecule has 1 atom stereocenters. The average molecular weight is 340 g/mol. The van der Waals surface area contributed by atoms with E-state index in [-0.39, 0.29) is 11.4 Å². The largest absolute Gasteiger partial charge is 0.370 e. The summed E-state index contributed by atoms with van der Waals surface area (Å²) in [5, 5.41) is 32.4. The lowest BCUT2D eigenvalue weighted by molar-refractivity contribution is -0.393. The van der Waals surface area contributed by atoms with E-state index in [0.29, 0.717) is 0 Å². The lowest BCUT2D eigenvalue weighted by atomic mass is 10.0. The molecule has 25 heavy (non-hydrogen) atoms. The molecule has 2 heterocycles. The molecule has 0 aliphatic carbocycles. The van der Waals surface area contributed by atoms with Crippen LogP contribution in [0.2, 0.25) is 0 Å². The maximum absolute atomic E-state index is 11.3. The Hall–Kier alpha value is -3.59. The predicted octanol–water partition coefficient (Wildman–Crippen LogP) is 2.63. The minimum absolute atomic E-state index is 0.0596. The van der Waals surface area contributed by atoms with Gasteiger partial charge in [0, 0.05) is 24.7 Å². The highest BCUT2D eigenvalue weighted by Crippen LogP contribution is 2.35. The van der Waals surface area contributed by atoms with E-state index in [1.807, 2.05) is 0 Å². The molecule has 0 bridgehead atoms. The fourth-order valence-corrected chi connectivity index (χ4v) is 2.49. The molecular formula is C16H12N4O5. The highest BCUT2D eigenvalue weighted by molar-refractivity contribution is 5.79. The van der Waals surface area contributed by atoms with Gasteiger partial charge >= 0.3 is 0 Å². The molecule has 1 unspecified atom stereocenters. The van der Waals surface area contributed by atoms with E-state index in [0.717, 1.165) is 23.3 Å². The quantitative estimate of drug-likeness (QED) is 0.670. The van der Waals surface area contributed by atoms with Crippen LogP contribution in [0.4, 0.5) is 17.1 Å². The van der Waals surface area contributed by atoms with Crippen molar-refractivity contribution in [3.63, 3.8) is 0 Å². The molecule has 1 aliphatic heterocycles. The van der Waals surface area contributed by atoms with Crippen LogP contribution in [0.3, 0.4) is 0 Å². The molecule has 0 amide bonds. The Kier molecular flexibility index (Phi) is 4.23. The van der Waals surface area contributed by atoms with E-state index in [1.54, 1.807) is 30.6 Å². The molecule has 9 nitrogen and oxygen atoms in total. The van der Waals surface area contributed by atoms with Crippen molar-refractivity contribution in [1.82, 2.24) is 4.98 Å². The van der Waals surface area contributed by atoms with Gasteiger partial charge in [-0.2, -0.15) is 0 Å². The van der Waals surface area contributed by atoms with Crippen LogP contribution in [0.1, 0.15) is 5.56 Å². The van der Waals surface area contributed by atoms with Crippen LogP contribution >= 0.6 is 0 Å². The van der Waals surface area contributed by atoms with Gasteiger partial charge in [0.2, 0.25) is 0 Å². The SMILES string of the molecule is O=[N+]([O-])c1ccc(N2C=CC(c3ccncc3)=CC2O)c([N+](=O)[O-])c1. The van der Waals surface area contributed by atoms with Gasteiger partial charge in [-0.1, -0.05) is 0 Å². The van der Waals surface area contributed by atoms with E-state index in [9.17, 15) is 25.3 Å². The van der Waals surface area contributed by atoms with Gasteiger partial charge in [-0.15, -0.1) is 0 Å². The Morgan fingerprint density at radius 2 is 1.80 bits per heavy atom. The molecule has 1 N–H and O–H groups in total. The number of rotatable bonds is 4. The normalized spacial score (nSPS) is 16.4. The topological polar surface area (TPSA) is 123 Å². The van der Waals surface area contributed by atoms with Crippen molar-refractivity contribution in [2.75, 3.05) is 4.90 Å². The predicted molar refractivity (Wildman–Crippen MR) is 89.6 cm³/mol. The van der Waals surface area contributed by atoms with Gasteiger partial charge in [0.15, 0.2) is 6.23 Å². The molecule has 0 spiro atoms. The maximum atomic E-state index is 11.3. The first-order valence-corrected chi connectivity index (χ1v) is 7.17. The highest BCUT2D eigenvalue weighted by Gasteiger charge is 2.27. The molecule has 1 aromatic carbocycles. The summed E-state index contributed by atoms with van der Waals surface area (Å²) in [4.78, 5) is 25.8. The number of nitro benzene ring substituents is 2. The molecule has 0 saturated heterocycles. The van der Waals surface area contributed by atoms with Crippen molar-refractivity contribution in [1.29, 1.82) is 0 Å². The Balaban J connectivity index is 1.97.